The molecule has 1 atom stereocenters. The molecule has 0 bridgehead atoms. The molecule has 0 radical (unpaired) electrons. The fourth-order valence-corrected chi connectivity index (χ4v) is 3.93. The van der Waals surface area contributed by atoms with E-state index in [1.807, 2.05) is 12.1 Å². The molecule has 118 valence electrons. The Hall–Kier alpha value is -1.73. The summed E-state index contributed by atoms with van der Waals surface area (Å²) in [5, 5.41) is 25.4. The van der Waals surface area contributed by atoms with Gasteiger partial charge in [-0.3, -0.25) is 0 Å². The zero-order valence-electron chi connectivity index (χ0n) is 12.5. The topological polar surface area (TPSA) is 84.6 Å². The molecule has 0 aromatic carbocycles. The van der Waals surface area contributed by atoms with Crippen molar-refractivity contribution in [1.82, 2.24) is 19.8 Å². The largest absolute Gasteiger partial charge is 0.388 e. The van der Waals surface area contributed by atoms with Crippen LogP contribution in [0.1, 0.15) is 37.9 Å². The van der Waals surface area contributed by atoms with Gasteiger partial charge in [0.2, 0.25) is 0 Å². The Labute approximate surface area is 128 Å². The maximum absolute atomic E-state index is 9.30. The maximum atomic E-state index is 9.30. The van der Waals surface area contributed by atoms with Crippen LogP contribution < -0.4 is 5.32 Å². The molecule has 7 heteroatoms. The number of aliphatic hydroxyl groups excluding tert-OH is 1. The highest BCUT2D eigenvalue weighted by Gasteiger charge is 2.43. The molecular weight excluding hydrogens is 282 g/mol. The summed E-state index contributed by atoms with van der Waals surface area (Å²) in [5.74, 6) is 1.28. The third-order valence-corrected chi connectivity index (χ3v) is 5.19. The highest BCUT2D eigenvalue weighted by molar-refractivity contribution is 5.44. The first-order valence-corrected chi connectivity index (χ1v) is 7.97. The van der Waals surface area contributed by atoms with Gasteiger partial charge < -0.3 is 15.2 Å². The van der Waals surface area contributed by atoms with Gasteiger partial charge >= 0.3 is 0 Å². The standard InChI is InChI=1S/C15H21N5O2/c21-10-14-18-17-13-4-3-12(19-20(13)14)16-11-2-1-5-15(11)6-8-22-9-7-15/h3-4,11,21H,1-2,5-10H2,(H,16,19)/t11-/m0/s1. The van der Waals surface area contributed by atoms with E-state index in [0.717, 1.165) is 31.9 Å². The van der Waals surface area contributed by atoms with Crippen LogP contribution in [0.2, 0.25) is 0 Å². The number of aromatic nitrogens is 4. The van der Waals surface area contributed by atoms with Crippen molar-refractivity contribution in [1.29, 1.82) is 0 Å². The number of nitrogens with zero attached hydrogens (tertiary/aromatic N) is 4. The molecular formula is C15H21N5O2. The fourth-order valence-electron chi connectivity index (χ4n) is 3.93. The van der Waals surface area contributed by atoms with Crippen LogP contribution in [-0.4, -0.2) is 44.2 Å². The number of aliphatic hydroxyl groups is 1. The zero-order chi connectivity index (χ0) is 15.0. The van der Waals surface area contributed by atoms with E-state index in [1.165, 1.54) is 19.3 Å². The third-order valence-electron chi connectivity index (χ3n) is 5.19. The lowest BCUT2D eigenvalue weighted by Crippen LogP contribution is -2.40. The first-order chi connectivity index (χ1) is 10.8. The van der Waals surface area contributed by atoms with E-state index < -0.39 is 0 Å². The van der Waals surface area contributed by atoms with Gasteiger partial charge in [-0.25, -0.2) is 0 Å². The first kappa shape index (κ1) is 13.9. The van der Waals surface area contributed by atoms with Crippen molar-refractivity contribution in [3.05, 3.63) is 18.0 Å². The maximum Gasteiger partial charge on any atom is 0.180 e. The molecule has 1 saturated carbocycles. The molecule has 1 aliphatic carbocycles. The van der Waals surface area contributed by atoms with Gasteiger partial charge in [0.1, 0.15) is 12.4 Å². The number of hydrogen-bond acceptors (Lipinski definition) is 6. The minimum absolute atomic E-state index is 0.164. The van der Waals surface area contributed by atoms with E-state index in [9.17, 15) is 5.11 Å². The summed E-state index contributed by atoms with van der Waals surface area (Å²) < 4.78 is 7.15. The van der Waals surface area contributed by atoms with E-state index in [1.54, 1.807) is 4.52 Å². The third kappa shape index (κ3) is 2.24. The smallest absolute Gasteiger partial charge is 0.180 e. The van der Waals surface area contributed by atoms with Crippen LogP contribution in [0.4, 0.5) is 5.82 Å². The summed E-state index contributed by atoms with van der Waals surface area (Å²) >= 11 is 0. The van der Waals surface area contributed by atoms with Crippen LogP contribution in [0.3, 0.4) is 0 Å². The van der Waals surface area contributed by atoms with Crippen LogP contribution in [0.15, 0.2) is 12.1 Å². The first-order valence-electron chi connectivity index (χ1n) is 7.97. The van der Waals surface area contributed by atoms with E-state index in [-0.39, 0.29) is 6.61 Å². The van der Waals surface area contributed by atoms with Crippen LogP contribution in [0.5, 0.6) is 0 Å². The van der Waals surface area contributed by atoms with Crippen molar-refractivity contribution in [2.24, 2.45) is 5.41 Å². The number of fused-ring (bicyclic) bond motifs is 1. The number of nitrogens with one attached hydrogen (secondary N) is 1. The summed E-state index contributed by atoms with van der Waals surface area (Å²) in [6.45, 7) is 1.57. The molecule has 7 nitrogen and oxygen atoms in total. The van der Waals surface area contributed by atoms with Crippen LogP contribution in [0, 0.1) is 5.41 Å². The van der Waals surface area contributed by atoms with E-state index in [2.05, 4.69) is 20.6 Å². The Balaban J connectivity index is 1.59. The Kier molecular flexibility index (Phi) is 3.46. The lowest BCUT2D eigenvalue weighted by molar-refractivity contribution is 0.0134. The second kappa shape index (κ2) is 5.48. The fraction of sp³-hybridized carbons (Fsp3) is 0.667. The van der Waals surface area contributed by atoms with E-state index >= 15 is 0 Å². The monoisotopic (exact) mass is 303 g/mol. The van der Waals surface area contributed by atoms with E-state index in [4.69, 9.17) is 4.74 Å². The minimum Gasteiger partial charge on any atom is -0.388 e. The number of anilines is 1. The van der Waals surface area contributed by atoms with Gasteiger partial charge in [-0.1, -0.05) is 6.42 Å². The van der Waals surface area contributed by atoms with Crippen LogP contribution in [-0.2, 0) is 11.3 Å². The predicted molar refractivity (Wildman–Crippen MR) is 80.5 cm³/mol. The van der Waals surface area contributed by atoms with Crippen LogP contribution in [0.25, 0.3) is 5.65 Å². The molecule has 2 fully saturated rings. The Morgan fingerprint density at radius 2 is 2.14 bits per heavy atom. The van der Waals surface area contributed by atoms with Gasteiger partial charge in [0, 0.05) is 19.3 Å². The molecule has 0 amide bonds. The minimum atomic E-state index is -0.164. The van der Waals surface area contributed by atoms with Gasteiger partial charge in [-0.15, -0.1) is 15.3 Å². The Morgan fingerprint density at radius 3 is 2.95 bits per heavy atom. The number of hydrogen-bond donors (Lipinski definition) is 2. The lowest BCUT2D eigenvalue weighted by Gasteiger charge is -2.39. The molecule has 22 heavy (non-hydrogen) atoms. The highest BCUT2D eigenvalue weighted by atomic mass is 16.5. The SMILES string of the molecule is OCc1nnc2ccc(N[C@H]3CCCC34CCOCC4)nn12. The summed E-state index contributed by atoms with van der Waals surface area (Å²) in [6, 6.07) is 4.26. The Bertz CT molecular complexity index is 665. The molecule has 2 aromatic rings. The summed E-state index contributed by atoms with van der Waals surface area (Å²) in [5.41, 5.74) is 1.00. The quantitative estimate of drug-likeness (QED) is 0.891. The lowest BCUT2D eigenvalue weighted by atomic mass is 9.75. The average Bonchev–Trinajstić information content (AvgIpc) is 3.13. The zero-order valence-corrected chi connectivity index (χ0v) is 12.5. The summed E-state index contributed by atoms with van der Waals surface area (Å²) in [4.78, 5) is 0. The normalized spacial score (nSPS) is 24.1. The van der Waals surface area contributed by atoms with Crippen molar-refractivity contribution < 1.29 is 9.84 Å². The summed E-state index contributed by atoms with van der Waals surface area (Å²) in [7, 11) is 0. The Morgan fingerprint density at radius 1 is 1.27 bits per heavy atom. The molecule has 4 rings (SSSR count). The van der Waals surface area contributed by atoms with Crippen molar-refractivity contribution in [2.45, 2.75) is 44.8 Å². The van der Waals surface area contributed by atoms with Crippen molar-refractivity contribution in [3.63, 3.8) is 0 Å². The second-order valence-electron chi connectivity index (χ2n) is 6.33. The highest BCUT2D eigenvalue weighted by Crippen LogP contribution is 2.47. The molecule has 3 heterocycles. The molecule has 2 N–H and O–H groups in total. The number of rotatable bonds is 3. The molecule has 1 aliphatic heterocycles. The van der Waals surface area contributed by atoms with Crippen molar-refractivity contribution in [3.8, 4) is 0 Å². The van der Waals surface area contributed by atoms with Gasteiger partial charge in [0.05, 0.1) is 0 Å². The van der Waals surface area contributed by atoms with Gasteiger partial charge in [-0.05, 0) is 43.2 Å². The number of ether oxygens (including phenoxy) is 1. The second-order valence-corrected chi connectivity index (χ2v) is 6.33. The molecule has 1 saturated heterocycles. The molecule has 2 aromatic heterocycles. The molecule has 2 aliphatic rings. The van der Waals surface area contributed by atoms with Crippen molar-refractivity contribution in [2.75, 3.05) is 18.5 Å². The van der Waals surface area contributed by atoms with Gasteiger partial charge in [0.25, 0.3) is 0 Å². The molecule has 1 spiro atoms. The predicted octanol–water partition coefficient (Wildman–Crippen LogP) is 1.38. The molecule has 0 unspecified atom stereocenters. The summed E-state index contributed by atoms with van der Waals surface area (Å²) in [6.07, 6.45) is 5.96. The average molecular weight is 303 g/mol. The van der Waals surface area contributed by atoms with E-state index in [0.29, 0.717) is 22.9 Å². The van der Waals surface area contributed by atoms with Crippen LogP contribution >= 0.6 is 0 Å². The van der Waals surface area contributed by atoms with Crippen molar-refractivity contribution >= 4 is 11.5 Å². The van der Waals surface area contributed by atoms with Gasteiger partial charge in [-0.2, -0.15) is 4.52 Å². The van der Waals surface area contributed by atoms with Gasteiger partial charge in [0.15, 0.2) is 11.5 Å².